The number of rotatable bonds is 3. The maximum atomic E-state index is 13.7. The van der Waals surface area contributed by atoms with Gasteiger partial charge in [-0.1, -0.05) is 60.7 Å². The first kappa shape index (κ1) is 19.1. The van der Waals surface area contributed by atoms with Gasteiger partial charge in [0.05, 0.1) is 34.3 Å². The van der Waals surface area contributed by atoms with E-state index < -0.39 is 0 Å². The third-order valence-electron chi connectivity index (χ3n) is 6.03. The monoisotopic (exact) mass is 431 g/mol. The minimum absolute atomic E-state index is 0.115. The normalized spacial score (nSPS) is 13.2. The molecule has 0 radical (unpaired) electrons. The van der Waals surface area contributed by atoms with Crippen LogP contribution in [0.2, 0.25) is 0 Å². The van der Waals surface area contributed by atoms with E-state index in [0.717, 1.165) is 15.7 Å². The molecule has 158 valence electrons. The Balaban J connectivity index is 1.59. The predicted octanol–water partition coefficient (Wildman–Crippen LogP) is 4.34. The van der Waals surface area contributed by atoms with Crippen molar-refractivity contribution in [2.24, 2.45) is 0 Å². The molecular formula is C27H17N3O3. The quantitative estimate of drug-likeness (QED) is 0.399. The van der Waals surface area contributed by atoms with E-state index in [4.69, 9.17) is 4.98 Å². The van der Waals surface area contributed by atoms with Gasteiger partial charge in [-0.05, 0) is 35.7 Å². The largest absolute Gasteiger partial charge is 0.269 e. The molecule has 0 spiro atoms. The predicted molar refractivity (Wildman–Crippen MR) is 125 cm³/mol. The molecule has 1 aliphatic rings. The molecule has 1 aliphatic heterocycles. The summed E-state index contributed by atoms with van der Waals surface area (Å²) >= 11 is 0. The lowest BCUT2D eigenvalue weighted by molar-refractivity contribution is 0.0637. The van der Waals surface area contributed by atoms with Crippen molar-refractivity contribution < 1.29 is 9.59 Å². The fourth-order valence-corrected chi connectivity index (χ4v) is 4.46. The number of hydrogen-bond acceptors (Lipinski definition) is 4. The maximum Gasteiger partial charge on any atom is 0.266 e. The molecule has 0 aliphatic carbocycles. The van der Waals surface area contributed by atoms with Crippen molar-refractivity contribution >= 4 is 33.5 Å². The third kappa shape index (κ3) is 2.88. The van der Waals surface area contributed by atoms with Crippen molar-refractivity contribution in [2.75, 3.05) is 0 Å². The molecule has 6 rings (SSSR count). The summed E-state index contributed by atoms with van der Waals surface area (Å²) in [6.07, 6.45) is 0. The molecule has 2 heterocycles. The van der Waals surface area contributed by atoms with Gasteiger partial charge in [0, 0.05) is 5.39 Å². The Bertz CT molecular complexity index is 1630. The Morgan fingerprint density at radius 3 is 2.00 bits per heavy atom. The number of amides is 2. The maximum absolute atomic E-state index is 13.7. The van der Waals surface area contributed by atoms with Crippen LogP contribution in [0.4, 0.5) is 0 Å². The summed E-state index contributed by atoms with van der Waals surface area (Å²) in [6.45, 7) is -0.115. The summed E-state index contributed by atoms with van der Waals surface area (Å²) in [5.41, 5.74) is 1.65. The zero-order valence-electron chi connectivity index (χ0n) is 17.4. The van der Waals surface area contributed by atoms with E-state index in [-0.39, 0.29) is 23.9 Å². The van der Waals surface area contributed by atoms with Gasteiger partial charge in [0.2, 0.25) is 0 Å². The summed E-state index contributed by atoms with van der Waals surface area (Å²) in [6, 6.07) is 27.3. The van der Waals surface area contributed by atoms with E-state index >= 15 is 0 Å². The highest BCUT2D eigenvalue weighted by atomic mass is 16.2. The van der Waals surface area contributed by atoms with Crippen molar-refractivity contribution in [3.63, 3.8) is 0 Å². The molecule has 0 atom stereocenters. The lowest BCUT2D eigenvalue weighted by Gasteiger charge is -2.19. The molecule has 2 amide bonds. The smallest absolute Gasteiger partial charge is 0.266 e. The summed E-state index contributed by atoms with van der Waals surface area (Å²) in [7, 11) is 0. The molecule has 0 N–H and O–H groups in total. The number of imide groups is 1. The van der Waals surface area contributed by atoms with Gasteiger partial charge < -0.3 is 0 Å². The fourth-order valence-electron chi connectivity index (χ4n) is 4.46. The number of aromatic nitrogens is 2. The molecular weight excluding hydrogens is 414 g/mol. The molecule has 0 fully saturated rings. The van der Waals surface area contributed by atoms with Crippen LogP contribution in [0.3, 0.4) is 0 Å². The first-order valence-corrected chi connectivity index (χ1v) is 10.6. The average Bonchev–Trinajstić information content (AvgIpc) is 3.09. The lowest BCUT2D eigenvalue weighted by atomic mass is 10.1. The molecule has 6 heteroatoms. The van der Waals surface area contributed by atoms with E-state index in [1.54, 1.807) is 42.5 Å². The topological polar surface area (TPSA) is 72.3 Å². The summed E-state index contributed by atoms with van der Waals surface area (Å²) in [5.74, 6) is -0.450. The van der Waals surface area contributed by atoms with Crippen LogP contribution in [0.5, 0.6) is 0 Å². The van der Waals surface area contributed by atoms with Crippen LogP contribution in [-0.4, -0.2) is 26.3 Å². The average molecular weight is 431 g/mol. The Labute approximate surface area is 188 Å². The number of nitrogens with zero attached hydrogens (tertiary/aromatic N) is 3. The van der Waals surface area contributed by atoms with Gasteiger partial charge in [0.15, 0.2) is 0 Å². The van der Waals surface area contributed by atoms with Gasteiger partial charge in [0.25, 0.3) is 17.4 Å². The van der Waals surface area contributed by atoms with E-state index in [1.807, 2.05) is 48.5 Å². The molecule has 1 aromatic heterocycles. The summed E-state index contributed by atoms with van der Waals surface area (Å²) < 4.78 is 1.52. The number of carbonyl (C=O) groups excluding carboxylic acids is 2. The molecule has 5 aromatic rings. The van der Waals surface area contributed by atoms with Gasteiger partial charge in [-0.25, -0.2) is 4.98 Å². The number of carbonyl (C=O) groups is 2. The van der Waals surface area contributed by atoms with Crippen molar-refractivity contribution in [3.05, 3.63) is 118 Å². The van der Waals surface area contributed by atoms with Crippen molar-refractivity contribution in [1.29, 1.82) is 0 Å². The van der Waals surface area contributed by atoms with Gasteiger partial charge >= 0.3 is 0 Å². The second-order valence-electron chi connectivity index (χ2n) is 7.93. The Morgan fingerprint density at radius 2 is 1.24 bits per heavy atom. The van der Waals surface area contributed by atoms with E-state index in [9.17, 15) is 14.4 Å². The number of hydrogen-bond donors (Lipinski definition) is 0. The highest BCUT2D eigenvalue weighted by Gasteiger charge is 2.36. The zero-order chi connectivity index (χ0) is 22.5. The van der Waals surface area contributed by atoms with E-state index in [1.165, 1.54) is 4.57 Å². The minimum atomic E-state index is -0.387. The van der Waals surface area contributed by atoms with E-state index in [0.29, 0.717) is 33.5 Å². The highest BCUT2D eigenvalue weighted by Crippen LogP contribution is 2.27. The minimum Gasteiger partial charge on any atom is -0.269 e. The number of para-hydroxylation sites is 1. The van der Waals surface area contributed by atoms with E-state index in [2.05, 4.69) is 0 Å². The van der Waals surface area contributed by atoms with Gasteiger partial charge in [-0.15, -0.1) is 0 Å². The Kier molecular flexibility index (Phi) is 4.20. The summed E-state index contributed by atoms with van der Waals surface area (Å²) in [4.78, 5) is 45.6. The van der Waals surface area contributed by atoms with Crippen LogP contribution >= 0.6 is 0 Å². The summed E-state index contributed by atoms with van der Waals surface area (Å²) in [5, 5.41) is 2.32. The van der Waals surface area contributed by atoms with Crippen LogP contribution in [-0.2, 0) is 6.54 Å². The van der Waals surface area contributed by atoms with Crippen LogP contribution in [0.25, 0.3) is 27.4 Å². The molecule has 0 saturated heterocycles. The lowest BCUT2D eigenvalue weighted by Crippen LogP contribution is -2.33. The zero-order valence-corrected chi connectivity index (χ0v) is 17.4. The van der Waals surface area contributed by atoms with Crippen molar-refractivity contribution in [2.45, 2.75) is 6.54 Å². The molecule has 33 heavy (non-hydrogen) atoms. The first-order valence-electron chi connectivity index (χ1n) is 10.6. The second-order valence-corrected chi connectivity index (χ2v) is 7.93. The standard InChI is InChI=1S/C27H17N3O3/c31-25-19-11-3-4-12-20(19)26(32)29(25)16-24-28-22-14-6-5-13-21(22)27(33)30(24)23-15-7-9-17-8-1-2-10-18(17)23/h1-15H,16H2. The SMILES string of the molecule is O=C1c2ccccc2C(=O)N1Cc1nc2ccccc2c(=O)n1-c1cccc2ccccc12. The van der Waals surface area contributed by atoms with Crippen LogP contribution in [0, 0.1) is 0 Å². The number of benzene rings is 4. The molecule has 6 nitrogen and oxygen atoms in total. The Hall–Kier alpha value is -4.58. The van der Waals surface area contributed by atoms with Crippen LogP contribution < -0.4 is 5.56 Å². The van der Waals surface area contributed by atoms with Crippen molar-refractivity contribution in [3.8, 4) is 5.69 Å². The molecule has 0 unspecified atom stereocenters. The second kappa shape index (κ2) is 7.24. The fraction of sp³-hybridized carbons (Fsp3) is 0.0370. The third-order valence-corrected chi connectivity index (χ3v) is 6.03. The first-order chi connectivity index (χ1) is 16.1. The highest BCUT2D eigenvalue weighted by molar-refractivity contribution is 6.21. The molecule has 4 aromatic carbocycles. The van der Waals surface area contributed by atoms with Gasteiger partial charge in [-0.2, -0.15) is 0 Å². The van der Waals surface area contributed by atoms with Crippen molar-refractivity contribution in [1.82, 2.24) is 14.5 Å². The molecule has 0 saturated carbocycles. The number of fused-ring (bicyclic) bond motifs is 3. The Morgan fingerprint density at radius 1 is 0.636 bits per heavy atom. The van der Waals surface area contributed by atoms with Gasteiger partial charge in [0.1, 0.15) is 5.82 Å². The van der Waals surface area contributed by atoms with Crippen LogP contribution in [0.15, 0.2) is 95.8 Å². The molecule has 0 bridgehead atoms. The van der Waals surface area contributed by atoms with Gasteiger partial charge in [-0.3, -0.25) is 23.9 Å². The van der Waals surface area contributed by atoms with Crippen LogP contribution in [0.1, 0.15) is 26.5 Å².